The molecule has 0 unspecified atom stereocenters. The maximum absolute atomic E-state index is 5.10. The van der Waals surface area contributed by atoms with Crippen LogP contribution in [0.25, 0.3) is 0 Å². The van der Waals surface area contributed by atoms with Crippen molar-refractivity contribution in [2.75, 3.05) is 0 Å². The van der Waals surface area contributed by atoms with Gasteiger partial charge in [0.25, 0.3) is 0 Å². The Morgan fingerprint density at radius 3 is 2.33 bits per heavy atom. The third kappa shape index (κ3) is 3.12. The summed E-state index contributed by atoms with van der Waals surface area (Å²) < 4.78 is 0. The Labute approximate surface area is 37.1 Å². The van der Waals surface area contributed by atoms with Crippen LogP contribution in [0.1, 0.15) is 6.92 Å². The molecule has 0 aromatic carbocycles. The molecule has 0 aromatic rings. The number of allylic oxidation sites excluding steroid dienone is 1. The lowest BCUT2D eigenvalue weighted by Gasteiger charge is -1.72. The van der Waals surface area contributed by atoms with E-state index in [0.29, 0.717) is 5.70 Å². The lowest BCUT2D eigenvalue weighted by Crippen LogP contribution is -1.87. The molecule has 0 atom stereocenters. The highest BCUT2D eigenvalue weighted by Crippen LogP contribution is 1.66. The molecule has 0 aromatic heterocycles. The minimum absolute atomic E-state index is 0.609. The van der Waals surface area contributed by atoms with E-state index < -0.39 is 0 Å². The molecule has 0 rings (SSSR count). The zero-order chi connectivity index (χ0) is 4.99. The summed E-state index contributed by atoms with van der Waals surface area (Å²) in [4.78, 5) is 0. The second-order valence-electron chi connectivity index (χ2n) is 0.994. The van der Waals surface area contributed by atoms with Gasteiger partial charge in [0.1, 0.15) is 0 Å². The van der Waals surface area contributed by atoms with Gasteiger partial charge >= 0.3 is 0 Å². The molecule has 0 heterocycles. The van der Waals surface area contributed by atoms with Crippen LogP contribution in [0.5, 0.6) is 0 Å². The van der Waals surface area contributed by atoms with Crippen molar-refractivity contribution in [2.45, 2.75) is 6.92 Å². The fraction of sp³-hybridized carbons (Fsp3) is 0.250. The van der Waals surface area contributed by atoms with Gasteiger partial charge in [-0.2, -0.15) is 0 Å². The van der Waals surface area contributed by atoms with Crippen LogP contribution in [0.15, 0.2) is 17.6 Å². The Morgan fingerprint density at radius 1 is 1.83 bits per heavy atom. The minimum Gasteiger partial charge on any atom is -0.398 e. The standard InChI is InChI=1S/C4H8N2/c1-4(6)2-3-5/h3H,5-6H2,1H3. The van der Waals surface area contributed by atoms with Crippen LogP contribution in [0.2, 0.25) is 0 Å². The van der Waals surface area contributed by atoms with Crippen molar-refractivity contribution < 1.29 is 0 Å². The van der Waals surface area contributed by atoms with E-state index in [1.807, 2.05) is 0 Å². The first-order chi connectivity index (χ1) is 2.77. The predicted octanol–water partition coefficient (Wildman–Crippen LogP) is -0.0798. The molecular formula is C4H8N2. The summed E-state index contributed by atoms with van der Waals surface area (Å²) in [5.74, 6) is 0. The van der Waals surface area contributed by atoms with Gasteiger partial charge in [-0.25, -0.2) is 0 Å². The van der Waals surface area contributed by atoms with E-state index in [0.717, 1.165) is 0 Å². The van der Waals surface area contributed by atoms with Crippen molar-refractivity contribution in [3.8, 4) is 0 Å². The van der Waals surface area contributed by atoms with Gasteiger partial charge in [0.2, 0.25) is 0 Å². The Morgan fingerprint density at radius 2 is 2.33 bits per heavy atom. The Kier molecular flexibility index (Phi) is 2.02. The summed E-state index contributed by atoms with van der Waals surface area (Å²) in [6.07, 6.45) is 1.29. The molecule has 0 radical (unpaired) electrons. The van der Waals surface area contributed by atoms with Gasteiger partial charge in [-0.1, -0.05) is 5.73 Å². The first kappa shape index (κ1) is 5.12. The Hall–Kier alpha value is -0.880. The molecule has 2 nitrogen and oxygen atoms in total. The molecule has 0 saturated carbocycles. The summed E-state index contributed by atoms with van der Waals surface area (Å²) >= 11 is 0. The second-order valence-corrected chi connectivity index (χ2v) is 0.994. The van der Waals surface area contributed by atoms with E-state index in [1.54, 1.807) is 6.92 Å². The van der Waals surface area contributed by atoms with Gasteiger partial charge in [0.05, 0.1) is 0 Å². The molecule has 0 aliphatic heterocycles. The van der Waals surface area contributed by atoms with E-state index in [-0.39, 0.29) is 0 Å². The van der Waals surface area contributed by atoms with Crippen molar-refractivity contribution >= 4 is 0 Å². The number of hydrogen-bond acceptors (Lipinski definition) is 2. The summed E-state index contributed by atoms with van der Waals surface area (Å²) in [6, 6.07) is 0. The molecule has 0 amide bonds. The molecule has 6 heavy (non-hydrogen) atoms. The molecule has 0 spiro atoms. The first-order valence-electron chi connectivity index (χ1n) is 1.66. The van der Waals surface area contributed by atoms with Crippen molar-refractivity contribution in [1.82, 2.24) is 0 Å². The topological polar surface area (TPSA) is 52.0 Å². The average Bonchev–Trinajstić information content (AvgIpc) is 1.35. The molecule has 0 aliphatic carbocycles. The van der Waals surface area contributed by atoms with Crippen LogP contribution < -0.4 is 11.5 Å². The van der Waals surface area contributed by atoms with Gasteiger partial charge < -0.3 is 11.5 Å². The predicted molar refractivity (Wildman–Crippen MR) is 25.6 cm³/mol. The third-order valence-electron chi connectivity index (χ3n) is 0.311. The summed E-state index contributed by atoms with van der Waals surface area (Å²) in [5.41, 5.74) is 13.2. The minimum atomic E-state index is 0.609. The fourth-order valence-electron chi connectivity index (χ4n) is 0.131. The lowest BCUT2D eigenvalue weighted by atomic mass is 10.6. The molecular weight excluding hydrogens is 76.1 g/mol. The number of hydrogen-bond donors (Lipinski definition) is 2. The van der Waals surface area contributed by atoms with Crippen molar-refractivity contribution in [2.24, 2.45) is 11.5 Å². The molecule has 0 bridgehead atoms. The maximum Gasteiger partial charge on any atom is 0.0495 e. The molecule has 2 heteroatoms. The molecule has 34 valence electrons. The smallest absolute Gasteiger partial charge is 0.0495 e. The van der Waals surface area contributed by atoms with E-state index >= 15 is 0 Å². The van der Waals surface area contributed by atoms with Crippen molar-refractivity contribution in [3.05, 3.63) is 17.6 Å². The number of nitrogens with two attached hydrogens (primary N) is 2. The summed E-state index contributed by atoms with van der Waals surface area (Å²) in [6.45, 7) is 1.73. The van der Waals surface area contributed by atoms with Gasteiger partial charge in [-0.15, -0.1) is 0 Å². The fourth-order valence-corrected chi connectivity index (χ4v) is 0.131. The molecule has 0 saturated heterocycles. The van der Waals surface area contributed by atoms with Crippen LogP contribution in [-0.2, 0) is 0 Å². The van der Waals surface area contributed by atoms with Crippen LogP contribution in [0, 0.1) is 0 Å². The molecule has 0 fully saturated rings. The average molecular weight is 84.1 g/mol. The molecule has 0 aliphatic rings. The Bertz CT molecular complexity index is 83.7. The quantitative estimate of drug-likeness (QED) is 0.403. The lowest BCUT2D eigenvalue weighted by molar-refractivity contribution is 1.32. The molecule has 4 N–H and O–H groups in total. The largest absolute Gasteiger partial charge is 0.398 e. The van der Waals surface area contributed by atoms with E-state index in [1.165, 1.54) is 6.20 Å². The van der Waals surface area contributed by atoms with Gasteiger partial charge in [-0.3, -0.25) is 0 Å². The van der Waals surface area contributed by atoms with E-state index in [2.05, 4.69) is 5.73 Å². The zero-order valence-electron chi connectivity index (χ0n) is 3.73. The van der Waals surface area contributed by atoms with Crippen LogP contribution in [0.4, 0.5) is 0 Å². The first-order valence-corrected chi connectivity index (χ1v) is 1.66. The zero-order valence-corrected chi connectivity index (χ0v) is 3.73. The third-order valence-corrected chi connectivity index (χ3v) is 0.311. The van der Waals surface area contributed by atoms with E-state index in [9.17, 15) is 0 Å². The van der Waals surface area contributed by atoms with Gasteiger partial charge in [-0.05, 0) is 6.92 Å². The second kappa shape index (κ2) is 2.36. The van der Waals surface area contributed by atoms with Crippen LogP contribution in [0.3, 0.4) is 0 Å². The van der Waals surface area contributed by atoms with Crippen LogP contribution >= 0.6 is 0 Å². The van der Waals surface area contributed by atoms with Gasteiger partial charge in [0, 0.05) is 11.9 Å². The number of rotatable bonds is 0. The van der Waals surface area contributed by atoms with Crippen molar-refractivity contribution in [3.63, 3.8) is 0 Å². The highest BCUT2D eigenvalue weighted by Gasteiger charge is 1.59. The SMILES string of the molecule is CC(N)=C=CN. The van der Waals surface area contributed by atoms with Gasteiger partial charge in [0.15, 0.2) is 0 Å². The maximum atomic E-state index is 5.10. The van der Waals surface area contributed by atoms with Crippen molar-refractivity contribution in [1.29, 1.82) is 0 Å². The highest BCUT2D eigenvalue weighted by molar-refractivity contribution is 4.89. The monoisotopic (exact) mass is 84.1 g/mol. The highest BCUT2D eigenvalue weighted by atomic mass is 14.5. The van der Waals surface area contributed by atoms with E-state index in [4.69, 9.17) is 11.5 Å². The Balaban J connectivity index is 3.73. The summed E-state index contributed by atoms with van der Waals surface area (Å²) in [5, 5.41) is 0. The summed E-state index contributed by atoms with van der Waals surface area (Å²) in [7, 11) is 0. The normalized spacial score (nSPS) is 6.17. The van der Waals surface area contributed by atoms with Crippen LogP contribution in [-0.4, -0.2) is 0 Å².